The van der Waals surface area contributed by atoms with Crippen molar-refractivity contribution in [2.75, 3.05) is 19.6 Å². The molecule has 8 heteroatoms. The van der Waals surface area contributed by atoms with Gasteiger partial charge in [0.2, 0.25) is 0 Å². The second-order valence-corrected chi connectivity index (χ2v) is 8.13. The van der Waals surface area contributed by atoms with E-state index < -0.39 is 5.91 Å². The molecule has 0 fully saturated rings. The maximum Gasteiger partial charge on any atom is 0.281 e. The molecular formula is C24H21N3O4S. The molecule has 2 heterocycles. The molecule has 0 saturated heterocycles. The van der Waals surface area contributed by atoms with Crippen molar-refractivity contribution in [1.29, 1.82) is 0 Å². The Morgan fingerprint density at radius 3 is 2.56 bits per heavy atom. The predicted molar refractivity (Wildman–Crippen MR) is 127 cm³/mol. The Morgan fingerprint density at radius 2 is 1.84 bits per heavy atom. The number of aromatic nitrogens is 2. The van der Waals surface area contributed by atoms with Crippen LogP contribution in [0.15, 0.2) is 65.7 Å². The Bertz CT molecular complexity index is 1370. The summed E-state index contributed by atoms with van der Waals surface area (Å²) in [6, 6.07) is 15.0. The molecule has 2 aromatic heterocycles. The molecule has 4 aromatic rings. The summed E-state index contributed by atoms with van der Waals surface area (Å²) in [5.74, 6) is 0.693. The highest BCUT2D eigenvalue weighted by Crippen LogP contribution is 2.35. The van der Waals surface area contributed by atoms with Gasteiger partial charge >= 0.3 is 0 Å². The van der Waals surface area contributed by atoms with Crippen molar-refractivity contribution in [3.63, 3.8) is 0 Å². The second kappa shape index (κ2) is 9.07. The Balaban J connectivity index is 1.62. The molecule has 0 aliphatic carbocycles. The van der Waals surface area contributed by atoms with Crippen LogP contribution >= 0.6 is 11.3 Å². The number of nitrogens with one attached hydrogen (secondary N) is 1. The van der Waals surface area contributed by atoms with Gasteiger partial charge in [0.05, 0.1) is 19.6 Å². The number of thiophene rings is 1. The number of ether oxygens (including phenoxy) is 2. The van der Waals surface area contributed by atoms with Crippen LogP contribution in [0.25, 0.3) is 27.4 Å². The lowest BCUT2D eigenvalue weighted by Gasteiger charge is -2.08. The Labute approximate surface area is 188 Å². The van der Waals surface area contributed by atoms with Gasteiger partial charge in [0.1, 0.15) is 11.2 Å². The standard InChI is InChI=1S/C24H21N3O4S/c1-15-21(17-7-5-4-6-8-17)22-23(32-15)25-14-27(24(22)29)26-20(28)12-10-16-9-11-18(30-2)19(13-16)31-3/h4-14H,1-3H3,(H,26,28)/b12-10+. The molecule has 2 aromatic carbocycles. The number of carbonyl (C=O) groups is 1. The van der Waals surface area contributed by atoms with Gasteiger partial charge in [0.15, 0.2) is 11.5 Å². The van der Waals surface area contributed by atoms with Crippen LogP contribution in [-0.2, 0) is 4.79 Å². The number of methoxy groups -OCH3 is 2. The molecule has 0 radical (unpaired) electrons. The number of benzene rings is 2. The smallest absolute Gasteiger partial charge is 0.281 e. The Kier molecular flexibility index (Phi) is 6.04. The highest BCUT2D eigenvalue weighted by atomic mass is 32.1. The maximum absolute atomic E-state index is 13.2. The fraction of sp³-hybridized carbons (Fsp3) is 0.125. The summed E-state index contributed by atoms with van der Waals surface area (Å²) in [6.07, 6.45) is 4.30. The molecule has 0 atom stereocenters. The molecule has 0 spiro atoms. The van der Waals surface area contributed by atoms with Crippen LogP contribution in [0.2, 0.25) is 0 Å². The van der Waals surface area contributed by atoms with Crippen molar-refractivity contribution in [2.24, 2.45) is 0 Å². The first-order valence-electron chi connectivity index (χ1n) is 9.79. The van der Waals surface area contributed by atoms with Crippen molar-refractivity contribution in [2.45, 2.75) is 6.92 Å². The number of fused-ring (bicyclic) bond motifs is 1. The summed E-state index contributed by atoms with van der Waals surface area (Å²) >= 11 is 1.46. The number of amides is 1. The number of carbonyl (C=O) groups excluding carboxylic acids is 1. The monoisotopic (exact) mass is 447 g/mol. The summed E-state index contributed by atoms with van der Waals surface area (Å²) < 4.78 is 11.6. The SMILES string of the molecule is COc1ccc(/C=C/C(=O)Nn2cnc3sc(C)c(-c4ccccc4)c3c2=O)cc1OC. The normalized spacial score (nSPS) is 11.1. The molecule has 1 amide bonds. The van der Waals surface area contributed by atoms with Crippen molar-refractivity contribution in [1.82, 2.24) is 9.66 Å². The van der Waals surface area contributed by atoms with Crippen LogP contribution in [0.3, 0.4) is 0 Å². The lowest BCUT2D eigenvalue weighted by atomic mass is 10.0. The third kappa shape index (κ3) is 4.13. The summed E-state index contributed by atoms with van der Waals surface area (Å²) in [7, 11) is 3.10. The Hall–Kier alpha value is -3.91. The van der Waals surface area contributed by atoms with Crippen LogP contribution in [0.5, 0.6) is 11.5 Å². The Morgan fingerprint density at radius 1 is 1.09 bits per heavy atom. The molecule has 0 aliphatic rings. The van der Waals surface area contributed by atoms with Gasteiger partial charge in [0, 0.05) is 16.5 Å². The molecule has 0 unspecified atom stereocenters. The minimum Gasteiger partial charge on any atom is -0.493 e. The van der Waals surface area contributed by atoms with Crippen LogP contribution in [-0.4, -0.2) is 29.8 Å². The van der Waals surface area contributed by atoms with Crippen LogP contribution in [0.1, 0.15) is 10.4 Å². The van der Waals surface area contributed by atoms with Crippen molar-refractivity contribution in [3.8, 4) is 22.6 Å². The van der Waals surface area contributed by atoms with E-state index in [0.29, 0.717) is 21.7 Å². The number of nitrogens with zero attached hydrogens (tertiary/aromatic N) is 2. The summed E-state index contributed by atoms with van der Waals surface area (Å²) in [6.45, 7) is 1.96. The van der Waals surface area contributed by atoms with Crippen LogP contribution < -0.4 is 20.5 Å². The van der Waals surface area contributed by atoms with E-state index in [1.165, 1.54) is 23.7 Å². The van der Waals surface area contributed by atoms with Gasteiger partial charge in [-0.25, -0.2) is 9.66 Å². The second-order valence-electron chi connectivity index (χ2n) is 6.92. The predicted octanol–water partition coefficient (Wildman–Crippen LogP) is 4.23. The average molecular weight is 448 g/mol. The lowest BCUT2D eigenvalue weighted by Crippen LogP contribution is -2.32. The molecule has 1 N–H and O–H groups in total. The first-order chi connectivity index (χ1) is 15.5. The largest absolute Gasteiger partial charge is 0.493 e. The van der Waals surface area contributed by atoms with Gasteiger partial charge in [-0.2, -0.15) is 0 Å². The molecule has 4 rings (SSSR count). The van der Waals surface area contributed by atoms with E-state index in [9.17, 15) is 9.59 Å². The first kappa shape index (κ1) is 21.3. The maximum atomic E-state index is 13.2. The number of rotatable bonds is 6. The minimum atomic E-state index is -0.462. The molecule has 0 bridgehead atoms. The molecule has 0 aliphatic heterocycles. The number of hydrogen-bond acceptors (Lipinski definition) is 6. The highest BCUT2D eigenvalue weighted by molar-refractivity contribution is 7.19. The zero-order chi connectivity index (χ0) is 22.7. The van der Waals surface area contributed by atoms with E-state index in [2.05, 4.69) is 10.4 Å². The fourth-order valence-corrected chi connectivity index (χ4v) is 4.42. The summed E-state index contributed by atoms with van der Waals surface area (Å²) in [4.78, 5) is 31.6. The molecule has 162 valence electrons. The lowest BCUT2D eigenvalue weighted by molar-refractivity contribution is -0.112. The van der Waals surface area contributed by atoms with E-state index in [4.69, 9.17) is 9.47 Å². The first-order valence-corrected chi connectivity index (χ1v) is 10.6. The van der Waals surface area contributed by atoms with Crippen molar-refractivity contribution < 1.29 is 14.3 Å². The average Bonchev–Trinajstić information content (AvgIpc) is 3.16. The highest BCUT2D eigenvalue weighted by Gasteiger charge is 2.17. The van der Waals surface area contributed by atoms with Gasteiger partial charge in [-0.15, -0.1) is 11.3 Å². The van der Waals surface area contributed by atoms with Crippen LogP contribution in [0, 0.1) is 6.92 Å². The van der Waals surface area contributed by atoms with Gasteiger partial charge in [-0.1, -0.05) is 36.4 Å². The number of aryl methyl sites for hydroxylation is 1. The van der Waals surface area contributed by atoms with Gasteiger partial charge < -0.3 is 9.47 Å². The van der Waals surface area contributed by atoms with Gasteiger partial charge in [-0.3, -0.25) is 15.0 Å². The van der Waals surface area contributed by atoms with Gasteiger partial charge in [-0.05, 0) is 36.3 Å². The fourth-order valence-electron chi connectivity index (χ4n) is 3.42. The zero-order valence-electron chi connectivity index (χ0n) is 17.8. The molecule has 7 nitrogen and oxygen atoms in total. The van der Waals surface area contributed by atoms with Crippen molar-refractivity contribution >= 4 is 33.5 Å². The van der Waals surface area contributed by atoms with E-state index in [1.807, 2.05) is 37.3 Å². The topological polar surface area (TPSA) is 82.5 Å². The summed E-state index contributed by atoms with van der Waals surface area (Å²) in [5, 5.41) is 0.491. The van der Waals surface area contributed by atoms with E-state index in [-0.39, 0.29) is 5.56 Å². The molecular weight excluding hydrogens is 426 g/mol. The van der Waals surface area contributed by atoms with Gasteiger partial charge in [0.25, 0.3) is 11.5 Å². The minimum absolute atomic E-state index is 0.328. The zero-order valence-corrected chi connectivity index (χ0v) is 18.6. The third-order valence-corrected chi connectivity index (χ3v) is 5.93. The van der Waals surface area contributed by atoms with E-state index >= 15 is 0 Å². The molecule has 32 heavy (non-hydrogen) atoms. The quantitative estimate of drug-likeness (QED) is 0.447. The van der Waals surface area contributed by atoms with E-state index in [0.717, 1.165) is 26.2 Å². The number of hydrogen-bond donors (Lipinski definition) is 1. The summed E-state index contributed by atoms with van der Waals surface area (Å²) in [5.41, 5.74) is 4.78. The molecule has 0 saturated carbocycles. The van der Waals surface area contributed by atoms with E-state index in [1.54, 1.807) is 38.5 Å². The van der Waals surface area contributed by atoms with Crippen LogP contribution in [0.4, 0.5) is 0 Å². The third-order valence-electron chi connectivity index (χ3n) is 4.92. The van der Waals surface area contributed by atoms with Crippen molar-refractivity contribution in [3.05, 3.63) is 81.7 Å².